The molecule has 0 bridgehead atoms. The van der Waals surface area contributed by atoms with Crippen molar-refractivity contribution in [1.29, 1.82) is 0 Å². The van der Waals surface area contributed by atoms with Crippen molar-refractivity contribution in [2.75, 3.05) is 5.75 Å². The number of sulfone groups is 1. The minimum absolute atomic E-state index is 0.0789. The molecule has 19 heavy (non-hydrogen) atoms. The Morgan fingerprint density at radius 2 is 2.00 bits per heavy atom. The lowest BCUT2D eigenvalue weighted by Gasteiger charge is -2.12. The molecule has 0 unspecified atom stereocenters. The number of amides is 1. The summed E-state index contributed by atoms with van der Waals surface area (Å²) >= 11 is 0. The number of hydrogen-bond donors (Lipinski definition) is 1. The number of halogens is 1. The van der Waals surface area contributed by atoms with Gasteiger partial charge in [0.05, 0.1) is 4.90 Å². The molecule has 0 saturated heterocycles. The van der Waals surface area contributed by atoms with Crippen LogP contribution in [0.1, 0.15) is 25.7 Å². The van der Waals surface area contributed by atoms with Gasteiger partial charge in [-0.15, -0.1) is 0 Å². The predicted octanol–water partition coefficient (Wildman–Crippen LogP) is 1.66. The monoisotopic (exact) mass is 285 g/mol. The summed E-state index contributed by atoms with van der Waals surface area (Å²) in [6, 6.07) is 4.78. The molecule has 0 aliphatic heterocycles. The van der Waals surface area contributed by atoms with Crippen LogP contribution >= 0.6 is 0 Å². The van der Waals surface area contributed by atoms with Crippen molar-refractivity contribution in [3.05, 3.63) is 30.1 Å². The number of hydrogen-bond acceptors (Lipinski definition) is 3. The van der Waals surface area contributed by atoms with Crippen LogP contribution in [0, 0.1) is 5.82 Å². The van der Waals surface area contributed by atoms with E-state index in [-0.39, 0.29) is 10.9 Å². The molecule has 104 valence electrons. The van der Waals surface area contributed by atoms with Gasteiger partial charge in [0.15, 0.2) is 9.84 Å². The van der Waals surface area contributed by atoms with E-state index in [1.807, 2.05) is 0 Å². The Labute approximate surface area is 111 Å². The maximum absolute atomic E-state index is 13.0. The molecule has 0 spiro atoms. The quantitative estimate of drug-likeness (QED) is 0.915. The summed E-state index contributed by atoms with van der Waals surface area (Å²) in [7, 11) is -3.78. The summed E-state index contributed by atoms with van der Waals surface area (Å²) in [6.07, 6.45) is 3.90. The van der Waals surface area contributed by atoms with Crippen LogP contribution in [0.4, 0.5) is 4.39 Å². The van der Waals surface area contributed by atoms with Crippen molar-refractivity contribution in [2.45, 2.75) is 36.6 Å². The normalized spacial score (nSPS) is 16.5. The van der Waals surface area contributed by atoms with E-state index < -0.39 is 27.3 Å². The second-order valence-corrected chi connectivity index (χ2v) is 6.75. The summed E-state index contributed by atoms with van der Waals surface area (Å²) in [5, 5.41) is 2.71. The Balaban J connectivity index is 2.02. The fourth-order valence-electron chi connectivity index (χ4n) is 2.26. The highest BCUT2D eigenvalue weighted by atomic mass is 32.2. The molecule has 4 nitrogen and oxygen atoms in total. The number of benzene rings is 1. The molecule has 1 N–H and O–H groups in total. The number of carbonyl (C=O) groups excluding carboxylic acids is 1. The molecule has 1 saturated carbocycles. The van der Waals surface area contributed by atoms with Crippen molar-refractivity contribution in [3.63, 3.8) is 0 Å². The van der Waals surface area contributed by atoms with Gasteiger partial charge in [-0.25, -0.2) is 12.8 Å². The number of nitrogens with one attached hydrogen (secondary N) is 1. The van der Waals surface area contributed by atoms with Crippen LogP contribution in [-0.4, -0.2) is 26.1 Å². The van der Waals surface area contributed by atoms with Crippen molar-refractivity contribution >= 4 is 15.7 Å². The Morgan fingerprint density at radius 3 is 2.63 bits per heavy atom. The van der Waals surface area contributed by atoms with Crippen LogP contribution in [0.25, 0.3) is 0 Å². The van der Waals surface area contributed by atoms with Crippen LogP contribution in [0.3, 0.4) is 0 Å². The summed E-state index contributed by atoms with van der Waals surface area (Å²) in [5.41, 5.74) is 0. The molecule has 0 radical (unpaired) electrons. The van der Waals surface area contributed by atoms with Gasteiger partial charge in [0.25, 0.3) is 0 Å². The molecule has 1 aromatic rings. The SMILES string of the molecule is O=C(CS(=O)(=O)c1cccc(F)c1)NC1CCCC1. The van der Waals surface area contributed by atoms with Gasteiger partial charge in [-0.3, -0.25) is 4.79 Å². The molecule has 0 aromatic heterocycles. The van der Waals surface area contributed by atoms with Crippen molar-refractivity contribution in [2.24, 2.45) is 0 Å². The molecule has 1 aliphatic carbocycles. The second kappa shape index (κ2) is 5.69. The van der Waals surface area contributed by atoms with E-state index >= 15 is 0 Å². The third-order valence-corrected chi connectivity index (χ3v) is 4.81. The highest BCUT2D eigenvalue weighted by Gasteiger charge is 2.23. The van der Waals surface area contributed by atoms with Gasteiger partial charge in [0, 0.05) is 6.04 Å². The lowest BCUT2D eigenvalue weighted by Crippen LogP contribution is -2.36. The van der Waals surface area contributed by atoms with Crippen molar-refractivity contribution in [1.82, 2.24) is 5.32 Å². The molecule has 1 amide bonds. The van der Waals surface area contributed by atoms with Crippen LogP contribution in [0.15, 0.2) is 29.2 Å². The molecule has 2 rings (SSSR count). The van der Waals surface area contributed by atoms with Crippen molar-refractivity contribution in [3.8, 4) is 0 Å². The molecule has 1 aromatic carbocycles. The Hall–Kier alpha value is -1.43. The van der Waals surface area contributed by atoms with E-state index in [1.165, 1.54) is 12.1 Å². The second-order valence-electron chi connectivity index (χ2n) is 4.77. The zero-order valence-electron chi connectivity index (χ0n) is 10.4. The molecular formula is C13H16FNO3S. The van der Waals surface area contributed by atoms with E-state index in [0.717, 1.165) is 37.8 Å². The average molecular weight is 285 g/mol. The van der Waals surface area contributed by atoms with E-state index in [0.29, 0.717) is 0 Å². The van der Waals surface area contributed by atoms with Gasteiger partial charge in [-0.1, -0.05) is 18.9 Å². The largest absolute Gasteiger partial charge is 0.352 e. The zero-order chi connectivity index (χ0) is 13.9. The number of carbonyl (C=O) groups is 1. The summed E-state index contributed by atoms with van der Waals surface area (Å²) in [6.45, 7) is 0. The molecular weight excluding hydrogens is 269 g/mol. The predicted molar refractivity (Wildman–Crippen MR) is 68.9 cm³/mol. The lowest BCUT2D eigenvalue weighted by atomic mass is 10.2. The third kappa shape index (κ3) is 3.76. The van der Waals surface area contributed by atoms with Gasteiger partial charge in [-0.05, 0) is 31.0 Å². The first-order chi connectivity index (χ1) is 8.97. The standard InChI is InChI=1S/C13H16FNO3S/c14-10-4-3-7-12(8-10)19(17,18)9-13(16)15-11-5-1-2-6-11/h3-4,7-8,11H,1-2,5-6,9H2,(H,15,16). The van der Waals surface area contributed by atoms with E-state index in [9.17, 15) is 17.6 Å². The van der Waals surface area contributed by atoms with Gasteiger partial charge in [-0.2, -0.15) is 0 Å². The zero-order valence-corrected chi connectivity index (χ0v) is 11.2. The van der Waals surface area contributed by atoms with E-state index in [4.69, 9.17) is 0 Å². The van der Waals surface area contributed by atoms with Crippen LogP contribution < -0.4 is 5.32 Å². The van der Waals surface area contributed by atoms with E-state index in [2.05, 4.69) is 5.32 Å². The fraction of sp³-hybridized carbons (Fsp3) is 0.462. The molecule has 1 fully saturated rings. The van der Waals surface area contributed by atoms with Crippen molar-refractivity contribution < 1.29 is 17.6 Å². The molecule has 0 heterocycles. The summed E-state index contributed by atoms with van der Waals surface area (Å²) in [4.78, 5) is 11.5. The average Bonchev–Trinajstić information content (AvgIpc) is 2.81. The van der Waals surface area contributed by atoms with Gasteiger partial charge < -0.3 is 5.32 Å². The Bertz CT molecular complexity index is 565. The van der Waals surface area contributed by atoms with Gasteiger partial charge in [0.1, 0.15) is 11.6 Å². The minimum atomic E-state index is -3.78. The molecule has 0 atom stereocenters. The van der Waals surface area contributed by atoms with Crippen LogP contribution in [0.5, 0.6) is 0 Å². The first kappa shape index (κ1) is 14.0. The minimum Gasteiger partial charge on any atom is -0.352 e. The maximum atomic E-state index is 13.0. The lowest BCUT2D eigenvalue weighted by molar-refractivity contribution is -0.119. The first-order valence-electron chi connectivity index (χ1n) is 6.25. The Morgan fingerprint density at radius 1 is 1.32 bits per heavy atom. The summed E-state index contributed by atoms with van der Waals surface area (Å²) < 4.78 is 36.9. The molecule has 1 aliphatic rings. The van der Waals surface area contributed by atoms with E-state index in [1.54, 1.807) is 0 Å². The van der Waals surface area contributed by atoms with Crippen LogP contribution in [-0.2, 0) is 14.6 Å². The smallest absolute Gasteiger partial charge is 0.235 e. The maximum Gasteiger partial charge on any atom is 0.235 e. The highest BCUT2D eigenvalue weighted by Crippen LogP contribution is 2.18. The van der Waals surface area contributed by atoms with Gasteiger partial charge in [0.2, 0.25) is 5.91 Å². The highest BCUT2D eigenvalue weighted by molar-refractivity contribution is 7.92. The third-order valence-electron chi connectivity index (χ3n) is 3.20. The van der Waals surface area contributed by atoms with Crippen LogP contribution in [0.2, 0.25) is 0 Å². The van der Waals surface area contributed by atoms with Gasteiger partial charge >= 0.3 is 0 Å². The number of rotatable bonds is 4. The topological polar surface area (TPSA) is 63.2 Å². The Kier molecular flexibility index (Phi) is 4.19. The molecule has 6 heteroatoms. The first-order valence-corrected chi connectivity index (χ1v) is 7.90. The summed E-state index contributed by atoms with van der Waals surface area (Å²) in [5.74, 6) is -1.78. The fourth-order valence-corrected chi connectivity index (χ4v) is 3.43.